The van der Waals surface area contributed by atoms with Gasteiger partial charge in [-0.15, -0.1) is 10.2 Å². The van der Waals surface area contributed by atoms with E-state index in [9.17, 15) is 0 Å². The predicted octanol–water partition coefficient (Wildman–Crippen LogP) is -0.431. The van der Waals surface area contributed by atoms with E-state index in [1.807, 2.05) is 0 Å². The van der Waals surface area contributed by atoms with Crippen LogP contribution in [0.15, 0.2) is 10.2 Å². The van der Waals surface area contributed by atoms with E-state index in [-0.39, 0.29) is 0 Å². The fraction of sp³-hybridized carbons (Fsp3) is 0.500. The van der Waals surface area contributed by atoms with Gasteiger partial charge in [0, 0.05) is 0 Å². The van der Waals surface area contributed by atoms with Crippen LogP contribution in [0.25, 0.3) is 0 Å². The summed E-state index contributed by atoms with van der Waals surface area (Å²) < 4.78 is 0. The topological polar surface area (TPSA) is 62.8 Å². The Morgan fingerprint density at radius 3 is 2.71 bits per heavy atom. The smallest absolute Gasteiger partial charge is 0.216 e. The van der Waals surface area contributed by atoms with Gasteiger partial charge < -0.3 is 5.32 Å². The van der Waals surface area contributed by atoms with Gasteiger partial charge in [-0.3, -0.25) is 5.73 Å². The minimum absolute atomic E-state index is 0.368. The van der Waals surface area contributed by atoms with Crippen molar-refractivity contribution in [2.24, 2.45) is 16.0 Å². The summed E-state index contributed by atoms with van der Waals surface area (Å²) in [6.45, 7) is 0. The minimum Gasteiger partial charge on any atom is -0.324 e. The van der Waals surface area contributed by atoms with Gasteiger partial charge in [-0.25, -0.2) is 0 Å². The lowest BCUT2D eigenvalue weighted by atomic mass is 10.9. The predicted molar refractivity (Wildman–Crippen MR) is 28.6 cm³/mol. The molecule has 0 aromatic carbocycles. The standard InChI is InChI=1S/C2H4N4S/c3-1-4-2(7)6-5-1/h1H,3H2,(H,4,7). The Bertz CT molecular complexity index is 119. The summed E-state index contributed by atoms with van der Waals surface area (Å²) in [5.74, 6) is 0. The summed E-state index contributed by atoms with van der Waals surface area (Å²) in [7, 11) is 0. The molecule has 1 rings (SSSR count). The first kappa shape index (κ1) is 4.61. The Morgan fingerprint density at radius 1 is 1.86 bits per heavy atom. The van der Waals surface area contributed by atoms with Crippen LogP contribution in [0.2, 0.25) is 0 Å². The molecule has 4 nitrogen and oxygen atoms in total. The van der Waals surface area contributed by atoms with E-state index in [1.165, 1.54) is 0 Å². The molecule has 0 aliphatic carbocycles. The van der Waals surface area contributed by atoms with E-state index in [2.05, 4.69) is 27.8 Å². The third-order valence-electron chi connectivity index (χ3n) is 0.544. The molecule has 5 heteroatoms. The van der Waals surface area contributed by atoms with E-state index >= 15 is 0 Å². The van der Waals surface area contributed by atoms with Crippen molar-refractivity contribution in [2.45, 2.75) is 6.29 Å². The average molecular weight is 116 g/mol. The summed E-state index contributed by atoms with van der Waals surface area (Å²) in [6, 6.07) is 0. The summed E-state index contributed by atoms with van der Waals surface area (Å²) in [5.41, 5.74) is 5.17. The van der Waals surface area contributed by atoms with Gasteiger partial charge in [0.1, 0.15) is 0 Å². The molecular formula is C2H4N4S. The molecule has 1 aliphatic heterocycles. The van der Waals surface area contributed by atoms with Crippen LogP contribution in [-0.2, 0) is 0 Å². The van der Waals surface area contributed by atoms with Crippen LogP contribution in [-0.4, -0.2) is 11.4 Å². The van der Waals surface area contributed by atoms with Gasteiger partial charge in [0.15, 0.2) is 6.29 Å². The minimum atomic E-state index is -0.410. The largest absolute Gasteiger partial charge is 0.324 e. The van der Waals surface area contributed by atoms with Crippen molar-refractivity contribution in [2.75, 3.05) is 0 Å². The van der Waals surface area contributed by atoms with Crippen LogP contribution < -0.4 is 11.1 Å². The molecule has 0 saturated carbocycles. The fourth-order valence-electron chi connectivity index (χ4n) is 0.299. The molecule has 0 spiro atoms. The zero-order valence-corrected chi connectivity index (χ0v) is 4.27. The number of nitrogens with one attached hydrogen (secondary N) is 1. The highest BCUT2D eigenvalue weighted by Crippen LogP contribution is 1.90. The van der Waals surface area contributed by atoms with Crippen molar-refractivity contribution < 1.29 is 0 Å². The number of hydrogen-bond acceptors (Lipinski definition) is 3. The Kier molecular flexibility index (Phi) is 0.994. The first-order chi connectivity index (χ1) is 3.29. The molecule has 0 aromatic rings. The van der Waals surface area contributed by atoms with Gasteiger partial charge in [0.25, 0.3) is 0 Å². The van der Waals surface area contributed by atoms with Crippen molar-refractivity contribution in [3.63, 3.8) is 0 Å². The van der Waals surface area contributed by atoms with Crippen molar-refractivity contribution in [3.05, 3.63) is 0 Å². The first-order valence-electron chi connectivity index (χ1n) is 1.76. The molecule has 1 aliphatic rings. The molecule has 1 unspecified atom stereocenters. The van der Waals surface area contributed by atoms with Gasteiger partial charge in [-0.1, -0.05) is 0 Å². The molecule has 1 heterocycles. The lowest BCUT2D eigenvalue weighted by molar-refractivity contribution is 0.686. The highest BCUT2D eigenvalue weighted by molar-refractivity contribution is 7.80. The van der Waals surface area contributed by atoms with Crippen molar-refractivity contribution >= 4 is 17.3 Å². The summed E-state index contributed by atoms with van der Waals surface area (Å²) in [5, 5.41) is 9.87. The second-order valence-electron chi connectivity index (χ2n) is 1.11. The van der Waals surface area contributed by atoms with Crippen LogP contribution >= 0.6 is 12.2 Å². The van der Waals surface area contributed by atoms with Crippen molar-refractivity contribution in [1.29, 1.82) is 0 Å². The zero-order valence-electron chi connectivity index (χ0n) is 3.46. The highest BCUT2D eigenvalue weighted by atomic mass is 32.1. The maximum Gasteiger partial charge on any atom is 0.216 e. The Morgan fingerprint density at radius 2 is 2.57 bits per heavy atom. The lowest BCUT2D eigenvalue weighted by Gasteiger charge is -1.93. The van der Waals surface area contributed by atoms with Crippen molar-refractivity contribution in [1.82, 2.24) is 5.32 Å². The first-order valence-corrected chi connectivity index (χ1v) is 2.17. The maximum atomic E-state index is 5.17. The normalized spacial score (nSPS) is 28.1. The Labute approximate surface area is 45.8 Å². The number of hydrogen-bond donors (Lipinski definition) is 2. The number of azo groups is 1. The van der Waals surface area contributed by atoms with Crippen LogP contribution in [0.5, 0.6) is 0 Å². The summed E-state index contributed by atoms with van der Waals surface area (Å²) in [4.78, 5) is 0. The fourth-order valence-corrected chi connectivity index (χ4v) is 0.467. The third kappa shape index (κ3) is 0.908. The van der Waals surface area contributed by atoms with Gasteiger partial charge >= 0.3 is 0 Å². The SMILES string of the molecule is NC1N=NC(=S)N1. The quantitative estimate of drug-likeness (QED) is 0.422. The maximum absolute atomic E-state index is 5.17. The van der Waals surface area contributed by atoms with Crippen LogP contribution in [0, 0.1) is 0 Å². The second kappa shape index (κ2) is 1.51. The molecule has 0 fully saturated rings. The molecule has 3 N–H and O–H groups in total. The van der Waals surface area contributed by atoms with Crippen LogP contribution in [0.1, 0.15) is 0 Å². The zero-order chi connectivity index (χ0) is 5.28. The molecule has 0 saturated heterocycles. The summed E-state index contributed by atoms with van der Waals surface area (Å²) in [6.07, 6.45) is -0.410. The number of rotatable bonds is 0. The van der Waals surface area contributed by atoms with Crippen LogP contribution in [0.4, 0.5) is 0 Å². The van der Waals surface area contributed by atoms with Crippen LogP contribution in [0.3, 0.4) is 0 Å². The molecule has 0 radical (unpaired) electrons. The monoisotopic (exact) mass is 116 g/mol. The average Bonchev–Trinajstić information content (AvgIpc) is 1.87. The molecular weight excluding hydrogens is 112 g/mol. The van der Waals surface area contributed by atoms with E-state index < -0.39 is 6.29 Å². The Hall–Kier alpha value is -0.550. The lowest BCUT2D eigenvalue weighted by Crippen LogP contribution is -2.32. The van der Waals surface area contributed by atoms with Gasteiger partial charge in [0.05, 0.1) is 0 Å². The molecule has 38 valence electrons. The molecule has 0 bridgehead atoms. The number of thiocarbonyl (C=S) groups is 1. The third-order valence-corrected chi connectivity index (χ3v) is 0.744. The highest BCUT2D eigenvalue weighted by Gasteiger charge is 2.06. The van der Waals surface area contributed by atoms with Crippen molar-refractivity contribution in [3.8, 4) is 0 Å². The molecule has 7 heavy (non-hydrogen) atoms. The second-order valence-corrected chi connectivity index (χ2v) is 1.50. The van der Waals surface area contributed by atoms with Gasteiger partial charge in [0.2, 0.25) is 5.11 Å². The molecule has 1 atom stereocenters. The van der Waals surface area contributed by atoms with E-state index in [1.54, 1.807) is 0 Å². The van der Waals surface area contributed by atoms with E-state index in [4.69, 9.17) is 5.73 Å². The summed E-state index contributed by atoms with van der Waals surface area (Å²) >= 11 is 4.54. The molecule has 0 amide bonds. The van der Waals surface area contributed by atoms with E-state index in [0.29, 0.717) is 5.11 Å². The van der Waals surface area contributed by atoms with E-state index in [0.717, 1.165) is 0 Å². The van der Waals surface area contributed by atoms with Gasteiger partial charge in [-0.05, 0) is 12.2 Å². The number of nitrogens with two attached hydrogens (primary N) is 1. The van der Waals surface area contributed by atoms with Gasteiger partial charge in [-0.2, -0.15) is 0 Å². The Balaban J connectivity index is 2.58. The number of nitrogens with zero attached hydrogens (tertiary/aromatic N) is 2. The molecule has 0 aromatic heterocycles.